The van der Waals surface area contributed by atoms with Gasteiger partial charge in [-0.2, -0.15) is 0 Å². The molecular formula is C26H36N2O3. The number of benzene rings is 2. The molecule has 0 bridgehead atoms. The normalized spacial score (nSPS) is 11.8. The van der Waals surface area contributed by atoms with E-state index in [1.807, 2.05) is 55.5 Å². The number of ether oxygens (including phenoxy) is 1. The van der Waals surface area contributed by atoms with Crippen molar-refractivity contribution in [3.8, 4) is 5.75 Å². The maximum Gasteiger partial charge on any atom is 0.261 e. The highest BCUT2D eigenvalue weighted by Gasteiger charge is 2.26. The van der Waals surface area contributed by atoms with E-state index in [0.29, 0.717) is 24.8 Å². The maximum absolute atomic E-state index is 13.2. The van der Waals surface area contributed by atoms with E-state index in [-0.39, 0.29) is 18.4 Å². The SMILES string of the molecule is CCCCNC(=O)C(C)N(Cc1ccc(C)cc1)C(=O)COc1ccccc1C(C)C. The van der Waals surface area contributed by atoms with Crippen molar-refractivity contribution in [1.29, 1.82) is 0 Å². The molecule has 0 saturated heterocycles. The molecule has 0 aliphatic carbocycles. The van der Waals surface area contributed by atoms with Crippen molar-refractivity contribution >= 4 is 11.8 Å². The first-order chi connectivity index (χ1) is 14.8. The molecule has 0 saturated carbocycles. The van der Waals surface area contributed by atoms with E-state index in [9.17, 15) is 9.59 Å². The summed E-state index contributed by atoms with van der Waals surface area (Å²) in [7, 11) is 0. The van der Waals surface area contributed by atoms with Crippen LogP contribution in [0, 0.1) is 6.92 Å². The molecule has 0 spiro atoms. The lowest BCUT2D eigenvalue weighted by Crippen LogP contribution is -2.49. The van der Waals surface area contributed by atoms with Crippen LogP contribution in [0.5, 0.6) is 5.75 Å². The van der Waals surface area contributed by atoms with Gasteiger partial charge < -0.3 is 15.0 Å². The summed E-state index contributed by atoms with van der Waals surface area (Å²) in [5, 5.41) is 2.94. The van der Waals surface area contributed by atoms with Crippen LogP contribution < -0.4 is 10.1 Å². The number of amides is 2. The van der Waals surface area contributed by atoms with Gasteiger partial charge in [-0.1, -0.05) is 75.2 Å². The minimum atomic E-state index is -0.588. The molecule has 1 unspecified atom stereocenters. The van der Waals surface area contributed by atoms with Gasteiger partial charge in [-0.3, -0.25) is 9.59 Å². The molecule has 1 N–H and O–H groups in total. The number of carbonyl (C=O) groups is 2. The Morgan fingerprint density at radius 3 is 2.35 bits per heavy atom. The summed E-state index contributed by atoms with van der Waals surface area (Å²) >= 11 is 0. The van der Waals surface area contributed by atoms with Crippen LogP contribution in [0.3, 0.4) is 0 Å². The van der Waals surface area contributed by atoms with Crippen LogP contribution in [0.1, 0.15) is 63.1 Å². The molecule has 0 radical (unpaired) electrons. The smallest absolute Gasteiger partial charge is 0.261 e. The summed E-state index contributed by atoms with van der Waals surface area (Å²) in [6, 6.07) is 15.2. The molecule has 0 aliphatic heterocycles. The van der Waals surface area contributed by atoms with Gasteiger partial charge in [0.25, 0.3) is 5.91 Å². The van der Waals surface area contributed by atoms with Crippen LogP contribution in [0.15, 0.2) is 48.5 Å². The fourth-order valence-corrected chi connectivity index (χ4v) is 3.32. The van der Waals surface area contributed by atoms with Gasteiger partial charge in [-0.15, -0.1) is 0 Å². The number of nitrogens with one attached hydrogen (secondary N) is 1. The predicted molar refractivity (Wildman–Crippen MR) is 125 cm³/mol. The van der Waals surface area contributed by atoms with E-state index < -0.39 is 6.04 Å². The number of carbonyl (C=O) groups excluding carboxylic acids is 2. The highest BCUT2D eigenvalue weighted by Crippen LogP contribution is 2.26. The van der Waals surface area contributed by atoms with Crippen molar-refractivity contribution < 1.29 is 14.3 Å². The highest BCUT2D eigenvalue weighted by molar-refractivity contribution is 5.88. The molecule has 2 aromatic carbocycles. The van der Waals surface area contributed by atoms with Gasteiger partial charge in [0.15, 0.2) is 6.61 Å². The topological polar surface area (TPSA) is 58.6 Å². The molecule has 0 aromatic heterocycles. The Morgan fingerprint density at radius 1 is 1.03 bits per heavy atom. The van der Waals surface area contributed by atoms with Crippen LogP contribution >= 0.6 is 0 Å². The van der Waals surface area contributed by atoms with Crippen LogP contribution in [0.2, 0.25) is 0 Å². The molecule has 0 aliphatic rings. The molecule has 0 fully saturated rings. The van der Waals surface area contributed by atoms with Crippen LogP contribution in [-0.2, 0) is 16.1 Å². The van der Waals surface area contributed by atoms with Crippen LogP contribution in [0.4, 0.5) is 0 Å². The summed E-state index contributed by atoms with van der Waals surface area (Å²) in [6.07, 6.45) is 1.92. The second-order valence-electron chi connectivity index (χ2n) is 8.31. The number of hydrogen-bond acceptors (Lipinski definition) is 3. The third-order valence-corrected chi connectivity index (χ3v) is 5.36. The van der Waals surface area contributed by atoms with Crippen molar-refractivity contribution in [3.63, 3.8) is 0 Å². The minimum Gasteiger partial charge on any atom is -0.483 e. The molecule has 2 aromatic rings. The van der Waals surface area contributed by atoms with Crippen molar-refractivity contribution in [2.75, 3.05) is 13.2 Å². The lowest BCUT2D eigenvalue weighted by Gasteiger charge is -2.29. The molecule has 5 nitrogen and oxygen atoms in total. The Balaban J connectivity index is 2.15. The van der Waals surface area contributed by atoms with Crippen LogP contribution in [0.25, 0.3) is 0 Å². The van der Waals surface area contributed by atoms with Gasteiger partial charge in [0.1, 0.15) is 11.8 Å². The Bertz CT molecular complexity index is 846. The minimum absolute atomic E-state index is 0.109. The molecule has 168 valence electrons. The van der Waals surface area contributed by atoms with Crippen molar-refractivity contribution in [2.45, 2.75) is 66.0 Å². The Morgan fingerprint density at radius 2 is 1.71 bits per heavy atom. The Kier molecular flexibility index (Phi) is 9.57. The summed E-state index contributed by atoms with van der Waals surface area (Å²) < 4.78 is 5.90. The second-order valence-corrected chi connectivity index (χ2v) is 8.31. The molecule has 2 rings (SSSR count). The monoisotopic (exact) mass is 424 g/mol. The third kappa shape index (κ3) is 7.42. The average Bonchev–Trinajstić information content (AvgIpc) is 2.76. The average molecular weight is 425 g/mol. The lowest BCUT2D eigenvalue weighted by atomic mass is 10.0. The number of para-hydroxylation sites is 1. The van der Waals surface area contributed by atoms with E-state index in [2.05, 4.69) is 26.1 Å². The van der Waals surface area contributed by atoms with E-state index >= 15 is 0 Å². The van der Waals surface area contributed by atoms with Crippen molar-refractivity contribution in [1.82, 2.24) is 10.2 Å². The summed E-state index contributed by atoms with van der Waals surface area (Å²) in [4.78, 5) is 27.4. The summed E-state index contributed by atoms with van der Waals surface area (Å²) in [5.74, 6) is 0.646. The number of nitrogens with zero attached hydrogens (tertiary/aromatic N) is 1. The first kappa shape index (κ1) is 24.4. The van der Waals surface area contributed by atoms with E-state index in [0.717, 1.165) is 29.5 Å². The van der Waals surface area contributed by atoms with E-state index in [1.54, 1.807) is 11.8 Å². The zero-order valence-electron chi connectivity index (χ0n) is 19.5. The number of unbranched alkanes of at least 4 members (excludes halogenated alkanes) is 1. The van der Waals surface area contributed by atoms with Crippen molar-refractivity contribution in [2.24, 2.45) is 0 Å². The molecule has 1 atom stereocenters. The van der Waals surface area contributed by atoms with Gasteiger partial charge in [0, 0.05) is 13.1 Å². The second kappa shape index (κ2) is 12.1. The Hall–Kier alpha value is -2.82. The van der Waals surface area contributed by atoms with Gasteiger partial charge in [-0.25, -0.2) is 0 Å². The number of rotatable bonds is 11. The van der Waals surface area contributed by atoms with Crippen LogP contribution in [-0.4, -0.2) is 35.9 Å². The molecule has 31 heavy (non-hydrogen) atoms. The van der Waals surface area contributed by atoms with Gasteiger partial charge in [-0.05, 0) is 43.4 Å². The first-order valence-electron chi connectivity index (χ1n) is 11.2. The molecule has 5 heteroatoms. The molecular weight excluding hydrogens is 388 g/mol. The zero-order chi connectivity index (χ0) is 22.8. The fourth-order valence-electron chi connectivity index (χ4n) is 3.32. The first-order valence-corrected chi connectivity index (χ1v) is 11.2. The quantitative estimate of drug-likeness (QED) is 0.526. The summed E-state index contributed by atoms with van der Waals surface area (Å²) in [5.41, 5.74) is 3.20. The number of hydrogen-bond donors (Lipinski definition) is 1. The standard InChI is InChI=1S/C26H36N2O3/c1-6-7-16-27-26(30)21(5)28(17-22-14-12-20(4)13-15-22)25(29)18-31-24-11-9-8-10-23(24)19(2)3/h8-15,19,21H,6-7,16-18H2,1-5H3,(H,27,30). The lowest BCUT2D eigenvalue weighted by molar-refractivity contribution is -0.142. The van der Waals surface area contributed by atoms with Crippen molar-refractivity contribution in [3.05, 3.63) is 65.2 Å². The summed E-state index contributed by atoms with van der Waals surface area (Å²) in [6.45, 7) is 10.9. The highest BCUT2D eigenvalue weighted by atomic mass is 16.5. The van der Waals surface area contributed by atoms with Gasteiger partial charge >= 0.3 is 0 Å². The van der Waals surface area contributed by atoms with Gasteiger partial charge in [0.05, 0.1) is 0 Å². The predicted octanol–water partition coefficient (Wildman–Crippen LogP) is 4.83. The molecule has 0 heterocycles. The van der Waals surface area contributed by atoms with E-state index in [1.165, 1.54) is 0 Å². The maximum atomic E-state index is 13.2. The third-order valence-electron chi connectivity index (χ3n) is 5.36. The largest absolute Gasteiger partial charge is 0.483 e. The molecule has 2 amide bonds. The fraction of sp³-hybridized carbons (Fsp3) is 0.462. The Labute approximate surface area is 186 Å². The number of aryl methyl sites for hydroxylation is 1. The van der Waals surface area contributed by atoms with E-state index in [4.69, 9.17) is 4.74 Å². The van der Waals surface area contributed by atoms with Gasteiger partial charge in [0.2, 0.25) is 5.91 Å². The zero-order valence-corrected chi connectivity index (χ0v) is 19.5.